The van der Waals surface area contributed by atoms with Gasteiger partial charge in [-0.05, 0) is 12.1 Å². The zero-order valence-corrected chi connectivity index (χ0v) is 10.9. The standard InChI is InChI=1S/C12H14ClN3S/c13-9-2-1-3-10-12(9)16-11(15-10)6-8-7-17-5-4-14-8/h1-3,8,14H,4-7H2,(H,15,16). The van der Waals surface area contributed by atoms with Gasteiger partial charge in [-0.3, -0.25) is 0 Å². The fourth-order valence-electron chi connectivity index (χ4n) is 2.13. The van der Waals surface area contributed by atoms with Gasteiger partial charge in [0.05, 0.1) is 10.5 Å². The maximum absolute atomic E-state index is 6.11. The maximum atomic E-state index is 6.11. The lowest BCUT2D eigenvalue weighted by Gasteiger charge is -2.21. The minimum Gasteiger partial charge on any atom is -0.342 e. The van der Waals surface area contributed by atoms with E-state index in [0.717, 1.165) is 40.6 Å². The molecule has 1 saturated heterocycles. The van der Waals surface area contributed by atoms with Crippen molar-refractivity contribution in [1.29, 1.82) is 0 Å². The molecule has 5 heteroatoms. The van der Waals surface area contributed by atoms with Gasteiger partial charge in [-0.2, -0.15) is 11.8 Å². The van der Waals surface area contributed by atoms with Crippen molar-refractivity contribution in [3.8, 4) is 0 Å². The zero-order chi connectivity index (χ0) is 11.7. The summed E-state index contributed by atoms with van der Waals surface area (Å²) in [6.07, 6.45) is 0.942. The molecule has 2 heterocycles. The van der Waals surface area contributed by atoms with Gasteiger partial charge in [0.2, 0.25) is 0 Å². The van der Waals surface area contributed by atoms with Crippen molar-refractivity contribution in [3.63, 3.8) is 0 Å². The Kier molecular flexibility index (Phi) is 3.27. The summed E-state index contributed by atoms with van der Waals surface area (Å²) in [6.45, 7) is 1.09. The van der Waals surface area contributed by atoms with Gasteiger partial charge in [0, 0.05) is 30.5 Å². The SMILES string of the molecule is Clc1cccc2[nH]c(CC3CSCCN3)nc12. The van der Waals surface area contributed by atoms with E-state index in [1.54, 1.807) is 0 Å². The average Bonchev–Trinajstić information content (AvgIpc) is 2.74. The Morgan fingerprint density at radius 2 is 2.41 bits per heavy atom. The lowest BCUT2D eigenvalue weighted by molar-refractivity contribution is 0.553. The van der Waals surface area contributed by atoms with E-state index in [-0.39, 0.29) is 0 Å². The Morgan fingerprint density at radius 1 is 1.47 bits per heavy atom. The number of para-hydroxylation sites is 1. The van der Waals surface area contributed by atoms with Crippen molar-refractivity contribution < 1.29 is 0 Å². The first kappa shape index (κ1) is 11.4. The number of nitrogens with one attached hydrogen (secondary N) is 2. The van der Waals surface area contributed by atoms with Crippen LogP contribution in [0.25, 0.3) is 11.0 Å². The summed E-state index contributed by atoms with van der Waals surface area (Å²) >= 11 is 8.11. The first-order valence-corrected chi connectivity index (χ1v) is 7.30. The van der Waals surface area contributed by atoms with E-state index in [0.29, 0.717) is 6.04 Å². The summed E-state index contributed by atoms with van der Waals surface area (Å²) in [5.74, 6) is 3.39. The van der Waals surface area contributed by atoms with Gasteiger partial charge in [0.15, 0.2) is 0 Å². The predicted octanol–water partition coefficient (Wildman–Crippen LogP) is 2.46. The van der Waals surface area contributed by atoms with Gasteiger partial charge in [0.25, 0.3) is 0 Å². The molecule has 1 aliphatic heterocycles. The van der Waals surface area contributed by atoms with Crippen LogP contribution in [0.15, 0.2) is 18.2 Å². The highest BCUT2D eigenvalue weighted by Gasteiger charge is 2.15. The Hall–Kier alpha value is -0.710. The number of fused-ring (bicyclic) bond motifs is 1. The molecule has 2 aromatic rings. The van der Waals surface area contributed by atoms with E-state index in [1.165, 1.54) is 5.75 Å². The third-order valence-electron chi connectivity index (χ3n) is 2.95. The smallest absolute Gasteiger partial charge is 0.108 e. The van der Waals surface area contributed by atoms with Crippen LogP contribution in [0.3, 0.4) is 0 Å². The van der Waals surface area contributed by atoms with Crippen LogP contribution in [0.4, 0.5) is 0 Å². The molecule has 0 spiro atoms. The van der Waals surface area contributed by atoms with Crippen molar-refractivity contribution >= 4 is 34.4 Å². The number of aromatic nitrogens is 2. The van der Waals surface area contributed by atoms with Gasteiger partial charge < -0.3 is 10.3 Å². The zero-order valence-electron chi connectivity index (χ0n) is 9.37. The fourth-order valence-corrected chi connectivity index (χ4v) is 3.29. The summed E-state index contributed by atoms with van der Waals surface area (Å²) in [4.78, 5) is 7.91. The van der Waals surface area contributed by atoms with Crippen molar-refractivity contribution in [2.24, 2.45) is 0 Å². The van der Waals surface area contributed by atoms with Crippen LogP contribution in [0, 0.1) is 0 Å². The minimum atomic E-state index is 0.521. The van der Waals surface area contributed by atoms with Gasteiger partial charge in [-0.15, -0.1) is 0 Å². The third-order valence-corrected chi connectivity index (χ3v) is 4.39. The number of thioether (sulfide) groups is 1. The van der Waals surface area contributed by atoms with E-state index >= 15 is 0 Å². The normalized spacial score (nSPS) is 20.9. The molecule has 0 aliphatic carbocycles. The monoisotopic (exact) mass is 267 g/mol. The predicted molar refractivity (Wildman–Crippen MR) is 73.9 cm³/mol. The second-order valence-corrected chi connectivity index (χ2v) is 5.81. The fraction of sp³-hybridized carbons (Fsp3) is 0.417. The number of hydrogen-bond acceptors (Lipinski definition) is 3. The number of hydrogen-bond donors (Lipinski definition) is 2. The van der Waals surface area contributed by atoms with E-state index < -0.39 is 0 Å². The average molecular weight is 268 g/mol. The second-order valence-electron chi connectivity index (χ2n) is 4.25. The molecule has 1 aliphatic rings. The minimum absolute atomic E-state index is 0.521. The van der Waals surface area contributed by atoms with Crippen LogP contribution in [0.5, 0.6) is 0 Å². The number of benzene rings is 1. The lowest BCUT2D eigenvalue weighted by atomic mass is 10.2. The second kappa shape index (κ2) is 4.88. The maximum Gasteiger partial charge on any atom is 0.108 e. The van der Waals surface area contributed by atoms with Gasteiger partial charge in [-0.25, -0.2) is 4.98 Å². The molecule has 17 heavy (non-hydrogen) atoms. The lowest BCUT2D eigenvalue weighted by Crippen LogP contribution is -2.39. The molecule has 1 unspecified atom stereocenters. The number of rotatable bonds is 2. The number of nitrogens with zero attached hydrogens (tertiary/aromatic N) is 1. The van der Waals surface area contributed by atoms with Crippen LogP contribution in [-0.4, -0.2) is 34.1 Å². The molecule has 0 saturated carbocycles. The number of halogens is 1. The highest BCUT2D eigenvalue weighted by molar-refractivity contribution is 7.99. The van der Waals surface area contributed by atoms with Crippen LogP contribution >= 0.6 is 23.4 Å². The Morgan fingerprint density at radius 3 is 3.18 bits per heavy atom. The largest absolute Gasteiger partial charge is 0.342 e. The molecule has 2 N–H and O–H groups in total. The van der Waals surface area contributed by atoms with E-state index in [2.05, 4.69) is 15.3 Å². The summed E-state index contributed by atoms with van der Waals surface area (Å²) in [6, 6.07) is 6.36. The highest BCUT2D eigenvalue weighted by Crippen LogP contribution is 2.21. The molecule has 0 amide bonds. The Labute approximate surface area is 109 Å². The first-order chi connectivity index (χ1) is 8.33. The molecule has 3 rings (SSSR count). The molecule has 90 valence electrons. The van der Waals surface area contributed by atoms with Crippen LogP contribution in [0.2, 0.25) is 5.02 Å². The van der Waals surface area contributed by atoms with Crippen LogP contribution in [-0.2, 0) is 6.42 Å². The van der Waals surface area contributed by atoms with E-state index in [1.807, 2.05) is 30.0 Å². The van der Waals surface area contributed by atoms with Gasteiger partial charge >= 0.3 is 0 Å². The van der Waals surface area contributed by atoms with E-state index in [4.69, 9.17) is 11.6 Å². The molecule has 1 fully saturated rings. The Balaban J connectivity index is 1.83. The third kappa shape index (κ3) is 2.44. The van der Waals surface area contributed by atoms with Crippen molar-refractivity contribution in [2.75, 3.05) is 18.1 Å². The first-order valence-electron chi connectivity index (χ1n) is 5.77. The Bertz CT molecular complexity index is 519. The number of H-pyrrole nitrogens is 1. The number of aromatic amines is 1. The molecule has 1 aromatic carbocycles. The van der Waals surface area contributed by atoms with Crippen molar-refractivity contribution in [3.05, 3.63) is 29.0 Å². The topological polar surface area (TPSA) is 40.7 Å². The quantitative estimate of drug-likeness (QED) is 0.878. The molecule has 1 atom stereocenters. The summed E-state index contributed by atoms with van der Waals surface area (Å²) in [5.41, 5.74) is 1.91. The van der Waals surface area contributed by atoms with Crippen molar-refractivity contribution in [1.82, 2.24) is 15.3 Å². The van der Waals surface area contributed by atoms with Crippen LogP contribution in [0.1, 0.15) is 5.82 Å². The molecule has 3 nitrogen and oxygen atoms in total. The van der Waals surface area contributed by atoms with E-state index in [9.17, 15) is 0 Å². The van der Waals surface area contributed by atoms with Crippen LogP contribution < -0.4 is 5.32 Å². The number of imidazole rings is 1. The highest BCUT2D eigenvalue weighted by atomic mass is 35.5. The van der Waals surface area contributed by atoms with Crippen molar-refractivity contribution in [2.45, 2.75) is 12.5 Å². The summed E-state index contributed by atoms with van der Waals surface area (Å²) < 4.78 is 0. The molecular weight excluding hydrogens is 254 g/mol. The van der Waals surface area contributed by atoms with Gasteiger partial charge in [-0.1, -0.05) is 17.7 Å². The van der Waals surface area contributed by atoms with Gasteiger partial charge in [0.1, 0.15) is 11.3 Å². The molecule has 1 aromatic heterocycles. The molecule has 0 bridgehead atoms. The molecular formula is C12H14ClN3S. The molecule has 0 radical (unpaired) electrons. The summed E-state index contributed by atoms with van der Waals surface area (Å²) in [5, 5.41) is 4.23. The summed E-state index contributed by atoms with van der Waals surface area (Å²) in [7, 11) is 0.